The van der Waals surface area contributed by atoms with Gasteiger partial charge >= 0.3 is 0 Å². The van der Waals surface area contributed by atoms with Crippen LogP contribution in [-0.2, 0) is 6.42 Å². The van der Waals surface area contributed by atoms with Crippen LogP contribution in [0.1, 0.15) is 37.7 Å². The Labute approximate surface area is 153 Å². The van der Waals surface area contributed by atoms with Crippen LogP contribution in [0.5, 0.6) is 5.75 Å². The van der Waals surface area contributed by atoms with Gasteiger partial charge in [0, 0.05) is 11.8 Å². The molecule has 0 radical (unpaired) electrons. The van der Waals surface area contributed by atoms with E-state index in [0.29, 0.717) is 0 Å². The maximum absolute atomic E-state index is 5.39. The number of nitrogens with zero attached hydrogens (tertiary/aromatic N) is 1. The van der Waals surface area contributed by atoms with Crippen LogP contribution < -0.4 is 9.92 Å². The van der Waals surface area contributed by atoms with Gasteiger partial charge in [-0.3, -0.25) is 4.98 Å². The normalized spacial score (nSPS) is 16.0. The molecule has 0 atom stereocenters. The highest BCUT2D eigenvalue weighted by atomic mass is 28.3. The molecule has 2 nitrogen and oxygen atoms in total. The Kier molecular flexibility index (Phi) is 5.63. The van der Waals surface area contributed by atoms with Gasteiger partial charge in [-0.15, -0.1) is 0 Å². The first kappa shape index (κ1) is 18.2. The van der Waals surface area contributed by atoms with Crippen LogP contribution >= 0.6 is 0 Å². The molecule has 0 N–H and O–H groups in total. The molecule has 0 amide bonds. The molecule has 0 spiro atoms. The molecule has 1 heterocycles. The predicted molar refractivity (Wildman–Crippen MR) is 109 cm³/mol. The molecule has 0 saturated heterocycles. The van der Waals surface area contributed by atoms with Gasteiger partial charge in [-0.2, -0.15) is 0 Å². The van der Waals surface area contributed by atoms with E-state index in [4.69, 9.17) is 9.72 Å². The Morgan fingerprint density at radius 1 is 1.08 bits per heavy atom. The van der Waals surface area contributed by atoms with Crippen LogP contribution in [0.3, 0.4) is 0 Å². The number of ether oxygens (including phenoxy) is 1. The minimum atomic E-state index is -1.39. The van der Waals surface area contributed by atoms with E-state index in [1.54, 1.807) is 12.7 Å². The highest BCUT2D eigenvalue weighted by Crippen LogP contribution is 2.29. The summed E-state index contributed by atoms with van der Waals surface area (Å²) in [5.74, 6) is 1.74. The van der Waals surface area contributed by atoms with Crippen LogP contribution in [-0.4, -0.2) is 20.2 Å². The van der Waals surface area contributed by atoms with Crippen molar-refractivity contribution in [3.63, 3.8) is 0 Å². The number of pyridine rings is 1. The molecule has 0 aliphatic heterocycles. The van der Waals surface area contributed by atoms with E-state index in [-0.39, 0.29) is 0 Å². The van der Waals surface area contributed by atoms with Crippen molar-refractivity contribution in [3.8, 4) is 17.0 Å². The fourth-order valence-electron chi connectivity index (χ4n) is 3.98. The third-order valence-corrected chi connectivity index (χ3v) is 7.46. The molecular formula is C22H31NOSi. The Morgan fingerprint density at radius 2 is 1.84 bits per heavy atom. The lowest BCUT2D eigenvalue weighted by atomic mass is 9.85. The molecule has 1 aromatic carbocycles. The summed E-state index contributed by atoms with van der Waals surface area (Å²) in [6.45, 7) is 7.29. The quantitative estimate of drug-likeness (QED) is 0.669. The number of rotatable bonds is 5. The minimum absolute atomic E-state index is 0.851. The zero-order chi connectivity index (χ0) is 17.9. The number of hydrogen-bond donors (Lipinski definition) is 0. The number of hydrogen-bond acceptors (Lipinski definition) is 2. The maximum Gasteiger partial charge on any atom is 0.119 e. The number of aromatic nitrogens is 1. The molecule has 1 aliphatic carbocycles. The van der Waals surface area contributed by atoms with Gasteiger partial charge in [0.2, 0.25) is 0 Å². The summed E-state index contributed by atoms with van der Waals surface area (Å²) in [5, 5.41) is 1.53. The van der Waals surface area contributed by atoms with Crippen molar-refractivity contribution in [2.75, 3.05) is 7.11 Å². The Balaban J connectivity index is 1.96. The highest BCUT2D eigenvalue weighted by Gasteiger charge is 2.24. The lowest BCUT2D eigenvalue weighted by Crippen LogP contribution is -2.41. The Hall–Kier alpha value is -1.61. The van der Waals surface area contributed by atoms with E-state index in [0.717, 1.165) is 22.9 Å². The van der Waals surface area contributed by atoms with E-state index in [9.17, 15) is 0 Å². The van der Waals surface area contributed by atoms with E-state index in [1.807, 2.05) is 12.1 Å². The second-order valence-corrected chi connectivity index (χ2v) is 13.5. The standard InChI is InChI=1S/C22H31NOSi/c1-24-20-12-8-11-18(14-20)21-15-19(13-17-9-6-5-7-10-17)22(16-23-21)25(2,3)4/h8,11-12,14-17H,5-7,9-10,13H2,1-4H3. The van der Waals surface area contributed by atoms with Gasteiger partial charge in [0.25, 0.3) is 0 Å². The highest BCUT2D eigenvalue weighted by molar-refractivity contribution is 6.89. The van der Waals surface area contributed by atoms with Crippen molar-refractivity contribution < 1.29 is 4.74 Å². The number of benzene rings is 1. The fraction of sp³-hybridized carbons (Fsp3) is 0.500. The summed E-state index contributed by atoms with van der Waals surface area (Å²) in [4.78, 5) is 4.82. The van der Waals surface area contributed by atoms with Crippen LogP contribution in [0, 0.1) is 5.92 Å². The third-order valence-electron chi connectivity index (χ3n) is 5.40. The largest absolute Gasteiger partial charge is 0.497 e. The molecule has 1 aliphatic rings. The van der Waals surface area contributed by atoms with Crippen molar-refractivity contribution in [3.05, 3.63) is 42.1 Å². The van der Waals surface area contributed by atoms with E-state index < -0.39 is 8.07 Å². The molecule has 3 rings (SSSR count). The third kappa shape index (κ3) is 4.52. The summed E-state index contributed by atoms with van der Waals surface area (Å²) in [5.41, 5.74) is 3.76. The minimum Gasteiger partial charge on any atom is -0.497 e. The van der Waals surface area contributed by atoms with Gasteiger partial charge in [-0.05, 0) is 41.3 Å². The average molecular weight is 354 g/mol. The van der Waals surface area contributed by atoms with Crippen molar-refractivity contribution in [2.45, 2.75) is 58.2 Å². The Bertz CT molecular complexity index is 714. The second kappa shape index (κ2) is 7.73. The first-order chi connectivity index (χ1) is 12.0. The lowest BCUT2D eigenvalue weighted by molar-refractivity contribution is 0.357. The smallest absolute Gasteiger partial charge is 0.119 e. The van der Waals surface area contributed by atoms with Gasteiger partial charge in [-0.25, -0.2) is 0 Å². The van der Waals surface area contributed by atoms with Crippen LogP contribution in [0.4, 0.5) is 0 Å². The fourth-order valence-corrected chi connectivity index (χ4v) is 5.57. The Morgan fingerprint density at radius 3 is 2.52 bits per heavy atom. The molecule has 0 bridgehead atoms. The molecule has 25 heavy (non-hydrogen) atoms. The van der Waals surface area contributed by atoms with E-state index in [2.05, 4.69) is 44.0 Å². The summed E-state index contributed by atoms with van der Waals surface area (Å²) in [7, 11) is 0.326. The molecular weight excluding hydrogens is 322 g/mol. The van der Waals surface area contributed by atoms with Crippen LogP contribution in [0.25, 0.3) is 11.3 Å². The summed E-state index contributed by atoms with van der Waals surface area (Å²) in [6, 6.07) is 10.6. The van der Waals surface area contributed by atoms with Gasteiger partial charge in [0.1, 0.15) is 5.75 Å². The van der Waals surface area contributed by atoms with Gasteiger partial charge in [0.15, 0.2) is 0 Å². The molecule has 1 saturated carbocycles. The zero-order valence-electron chi connectivity index (χ0n) is 16.1. The lowest BCUT2D eigenvalue weighted by Gasteiger charge is -2.26. The van der Waals surface area contributed by atoms with Gasteiger partial charge < -0.3 is 4.74 Å². The van der Waals surface area contributed by atoms with Crippen molar-refractivity contribution in [1.82, 2.24) is 4.98 Å². The topological polar surface area (TPSA) is 22.1 Å². The van der Waals surface area contributed by atoms with E-state index >= 15 is 0 Å². The first-order valence-corrected chi connectivity index (χ1v) is 13.1. The number of methoxy groups -OCH3 is 1. The van der Waals surface area contributed by atoms with Gasteiger partial charge in [-0.1, -0.05) is 63.9 Å². The first-order valence-electron chi connectivity index (χ1n) is 9.61. The molecule has 3 heteroatoms. The molecule has 1 aromatic heterocycles. The van der Waals surface area contributed by atoms with Crippen LogP contribution in [0.15, 0.2) is 36.5 Å². The average Bonchev–Trinajstić information content (AvgIpc) is 2.61. The SMILES string of the molecule is COc1cccc(-c2cc(CC3CCCCC3)c([Si](C)(C)C)cn2)c1. The van der Waals surface area contributed by atoms with Crippen molar-refractivity contribution in [2.24, 2.45) is 5.92 Å². The molecule has 134 valence electrons. The summed E-state index contributed by atoms with van der Waals surface area (Å²) >= 11 is 0. The second-order valence-electron chi connectivity index (χ2n) is 8.42. The van der Waals surface area contributed by atoms with E-state index in [1.165, 1.54) is 43.7 Å². The molecule has 1 fully saturated rings. The summed E-state index contributed by atoms with van der Waals surface area (Å²) < 4.78 is 5.39. The predicted octanol–water partition coefficient (Wildman–Crippen LogP) is 5.43. The van der Waals surface area contributed by atoms with Crippen LogP contribution in [0.2, 0.25) is 19.6 Å². The zero-order valence-corrected chi connectivity index (χ0v) is 17.1. The van der Waals surface area contributed by atoms with Crippen molar-refractivity contribution in [1.29, 1.82) is 0 Å². The van der Waals surface area contributed by atoms with Crippen molar-refractivity contribution >= 4 is 13.3 Å². The molecule has 2 aromatic rings. The summed E-state index contributed by atoms with van der Waals surface area (Å²) in [6.07, 6.45) is 10.4. The maximum atomic E-state index is 5.39. The monoisotopic (exact) mass is 353 g/mol. The molecule has 0 unspecified atom stereocenters. The van der Waals surface area contributed by atoms with Gasteiger partial charge in [0.05, 0.1) is 20.9 Å².